The summed E-state index contributed by atoms with van der Waals surface area (Å²) in [5.74, 6) is 1.67. The van der Waals surface area contributed by atoms with Crippen LogP contribution >= 0.6 is 34.7 Å². The Morgan fingerprint density at radius 1 is 1.05 bits per heavy atom. The fourth-order valence-corrected chi connectivity index (χ4v) is 6.68. The second kappa shape index (κ2) is 12.1. The monoisotopic (exact) mass is 601 g/mol. The molecule has 2 aromatic carbocycles. The number of aliphatic hydroxyl groups excluding tert-OH is 1. The molecule has 0 unspecified atom stereocenters. The molecule has 2 aliphatic heterocycles. The van der Waals surface area contributed by atoms with Gasteiger partial charge in [-0.2, -0.15) is 10.5 Å². The Balaban J connectivity index is 1.33. The number of anilines is 1. The van der Waals surface area contributed by atoms with Gasteiger partial charge >= 0.3 is 0 Å². The lowest BCUT2D eigenvalue weighted by molar-refractivity contribution is 0.141. The Bertz CT molecular complexity index is 1640. The molecule has 4 aromatic rings. The summed E-state index contributed by atoms with van der Waals surface area (Å²) < 4.78 is 11.4. The van der Waals surface area contributed by atoms with Crippen molar-refractivity contribution in [2.24, 2.45) is 0 Å². The lowest BCUT2D eigenvalue weighted by Gasteiger charge is -2.37. The van der Waals surface area contributed by atoms with E-state index >= 15 is 0 Å². The minimum Gasteiger partial charge on any atom is -0.488 e. The summed E-state index contributed by atoms with van der Waals surface area (Å²) in [6.07, 6.45) is 0.384. The van der Waals surface area contributed by atoms with Gasteiger partial charge in [-0.3, -0.25) is 0 Å². The number of hydrogen-bond acceptors (Lipinski definition) is 10. The lowest BCUT2D eigenvalue weighted by atomic mass is 9.95. The van der Waals surface area contributed by atoms with Crippen molar-refractivity contribution in [2.75, 3.05) is 31.2 Å². The van der Waals surface area contributed by atoms with Crippen LogP contribution in [0.15, 0.2) is 58.9 Å². The molecule has 2 fully saturated rings. The van der Waals surface area contributed by atoms with Crippen molar-refractivity contribution in [1.82, 2.24) is 9.97 Å². The van der Waals surface area contributed by atoms with Gasteiger partial charge in [0.25, 0.3) is 0 Å². The van der Waals surface area contributed by atoms with Crippen molar-refractivity contribution in [1.29, 1.82) is 10.5 Å². The molecule has 2 aliphatic rings. The van der Waals surface area contributed by atoms with Crippen LogP contribution in [0.25, 0.3) is 21.7 Å². The molecule has 0 spiro atoms. The Morgan fingerprint density at radius 2 is 1.78 bits per heavy atom. The Morgan fingerprint density at radius 3 is 2.44 bits per heavy atom. The highest BCUT2D eigenvalue weighted by molar-refractivity contribution is 7.98. The summed E-state index contributed by atoms with van der Waals surface area (Å²) in [5, 5.41) is 34.6. The Labute approximate surface area is 250 Å². The number of aromatic nitrogens is 2. The van der Waals surface area contributed by atoms with Gasteiger partial charge in [0.2, 0.25) is 0 Å². The van der Waals surface area contributed by atoms with E-state index in [4.69, 9.17) is 31.0 Å². The third-order valence-corrected chi connectivity index (χ3v) is 9.06. The smallest absolute Gasteiger partial charge is 0.148 e. The van der Waals surface area contributed by atoms with Crippen molar-refractivity contribution in [3.8, 4) is 39.6 Å². The summed E-state index contributed by atoms with van der Waals surface area (Å²) in [6, 6.07) is 19.6. The normalized spacial score (nSPS) is 16.7. The first-order valence-corrected chi connectivity index (χ1v) is 15.3. The predicted octanol–water partition coefficient (Wildman–Crippen LogP) is 5.91. The number of nitrogens with zero attached hydrogens (tertiary/aromatic N) is 5. The van der Waals surface area contributed by atoms with Gasteiger partial charge < -0.3 is 19.5 Å². The second-order valence-electron chi connectivity index (χ2n) is 9.72. The van der Waals surface area contributed by atoms with Gasteiger partial charge in [0.15, 0.2) is 0 Å². The van der Waals surface area contributed by atoms with E-state index in [9.17, 15) is 15.6 Å². The summed E-state index contributed by atoms with van der Waals surface area (Å²) in [5.41, 5.74) is 3.74. The maximum Gasteiger partial charge on any atom is 0.148 e. The van der Waals surface area contributed by atoms with E-state index < -0.39 is 6.10 Å². The first kappa shape index (κ1) is 27.5. The molecule has 4 heterocycles. The number of rotatable bonds is 8. The highest BCUT2D eigenvalue weighted by Gasteiger charge is 2.31. The SMILES string of the molecule is N#Cc1c(SCc2csc(-c3ccc(Cl)cc3)n2)nc(N2CC(O)C2)c(C#N)c1-c1ccc(O[C@@H]2CCOC2)cc1. The minimum atomic E-state index is -0.476. The molecule has 0 amide bonds. The number of aliphatic hydroxyl groups is 1. The zero-order chi connectivity index (χ0) is 28.3. The number of halogens is 1. The standard InChI is InChI=1S/C30H24ClN5O3S2/c31-20-5-1-19(2-6-20)29-34-21(16-40-29)17-41-30-26(12-33)27(25(11-32)28(35-30)36-13-22(37)14-36)18-3-7-23(8-4-18)39-24-9-10-38-15-24/h1-8,16,22,24,37H,9-10,13-15,17H2/t24-/m1/s1. The molecule has 11 heteroatoms. The van der Waals surface area contributed by atoms with Gasteiger partial charge in [-0.25, -0.2) is 9.97 Å². The topological polar surface area (TPSA) is 115 Å². The molecular weight excluding hydrogens is 578 g/mol. The predicted molar refractivity (Wildman–Crippen MR) is 159 cm³/mol. The summed E-state index contributed by atoms with van der Waals surface area (Å²) >= 11 is 8.98. The number of thiazole rings is 1. The fourth-order valence-electron chi connectivity index (χ4n) is 4.75. The Kier molecular flexibility index (Phi) is 8.11. The van der Waals surface area contributed by atoms with Gasteiger partial charge in [-0.05, 0) is 29.8 Å². The van der Waals surface area contributed by atoms with E-state index in [0.29, 0.717) is 70.4 Å². The van der Waals surface area contributed by atoms with Gasteiger partial charge in [-0.15, -0.1) is 11.3 Å². The van der Waals surface area contributed by atoms with E-state index in [0.717, 1.165) is 28.2 Å². The zero-order valence-corrected chi connectivity index (χ0v) is 24.2. The quantitative estimate of drug-likeness (QED) is 0.246. The first-order valence-electron chi connectivity index (χ1n) is 13.0. The molecule has 0 bridgehead atoms. The maximum atomic E-state index is 10.3. The number of thioether (sulfide) groups is 1. The average molecular weight is 602 g/mol. The third-order valence-electron chi connectivity index (χ3n) is 6.86. The van der Waals surface area contributed by atoms with Gasteiger partial charge in [0.05, 0.1) is 30.6 Å². The molecule has 41 heavy (non-hydrogen) atoms. The largest absolute Gasteiger partial charge is 0.488 e. The summed E-state index contributed by atoms with van der Waals surface area (Å²) in [6.45, 7) is 2.01. The van der Waals surface area contributed by atoms with E-state index in [1.54, 1.807) is 11.3 Å². The van der Waals surface area contributed by atoms with Crippen molar-refractivity contribution >= 4 is 40.5 Å². The number of ether oxygens (including phenoxy) is 2. The van der Waals surface area contributed by atoms with Crippen molar-refractivity contribution < 1.29 is 14.6 Å². The van der Waals surface area contributed by atoms with E-state index in [-0.39, 0.29) is 6.10 Å². The number of benzene rings is 2. The number of β-amino-alcohol motifs (C(OH)–C–C–N with tert-alkyl or cyclic N) is 1. The number of pyridine rings is 1. The molecule has 0 radical (unpaired) electrons. The Hall–Kier alpha value is -3.64. The molecular formula is C30H24ClN5O3S2. The van der Waals surface area contributed by atoms with Crippen LogP contribution in [0.2, 0.25) is 5.02 Å². The van der Waals surface area contributed by atoms with Crippen LogP contribution in [0, 0.1) is 22.7 Å². The van der Waals surface area contributed by atoms with Crippen LogP contribution in [-0.4, -0.2) is 53.6 Å². The highest BCUT2D eigenvalue weighted by Crippen LogP contribution is 2.40. The molecule has 0 aliphatic carbocycles. The van der Waals surface area contributed by atoms with Gasteiger partial charge in [-0.1, -0.05) is 47.6 Å². The van der Waals surface area contributed by atoms with E-state index in [2.05, 4.69) is 12.1 Å². The van der Waals surface area contributed by atoms with Crippen LogP contribution in [0.4, 0.5) is 5.82 Å². The van der Waals surface area contributed by atoms with Gasteiger partial charge in [0.1, 0.15) is 45.4 Å². The van der Waals surface area contributed by atoms with Crippen molar-refractivity contribution in [3.05, 3.63) is 75.8 Å². The highest BCUT2D eigenvalue weighted by atomic mass is 35.5. The molecule has 2 saturated heterocycles. The molecule has 2 aromatic heterocycles. The van der Waals surface area contributed by atoms with Crippen LogP contribution in [0.5, 0.6) is 5.75 Å². The summed E-state index contributed by atoms with van der Waals surface area (Å²) in [7, 11) is 0. The molecule has 206 valence electrons. The van der Waals surface area contributed by atoms with Crippen LogP contribution in [0.1, 0.15) is 23.2 Å². The third kappa shape index (κ3) is 5.89. The maximum absolute atomic E-state index is 10.3. The zero-order valence-electron chi connectivity index (χ0n) is 21.8. The lowest BCUT2D eigenvalue weighted by Crippen LogP contribution is -2.51. The molecule has 0 saturated carbocycles. The average Bonchev–Trinajstić information content (AvgIpc) is 3.67. The second-order valence-corrected chi connectivity index (χ2v) is 12.0. The van der Waals surface area contributed by atoms with Crippen molar-refractivity contribution in [3.63, 3.8) is 0 Å². The van der Waals surface area contributed by atoms with Crippen LogP contribution in [0.3, 0.4) is 0 Å². The molecule has 1 atom stereocenters. The molecule has 8 nitrogen and oxygen atoms in total. The number of nitriles is 2. The molecule has 6 rings (SSSR count). The van der Waals surface area contributed by atoms with Crippen LogP contribution < -0.4 is 9.64 Å². The fraction of sp³-hybridized carbons (Fsp3) is 0.267. The first-order chi connectivity index (χ1) is 20.0. The van der Waals surface area contributed by atoms with E-state index in [1.807, 2.05) is 58.8 Å². The molecule has 1 N–H and O–H groups in total. The number of hydrogen-bond donors (Lipinski definition) is 1. The van der Waals surface area contributed by atoms with Gasteiger partial charge in [0, 0.05) is 46.8 Å². The van der Waals surface area contributed by atoms with E-state index in [1.165, 1.54) is 11.8 Å². The minimum absolute atomic E-state index is 0.0180. The summed E-state index contributed by atoms with van der Waals surface area (Å²) in [4.78, 5) is 11.4. The van der Waals surface area contributed by atoms with Crippen LogP contribution in [-0.2, 0) is 10.5 Å². The van der Waals surface area contributed by atoms with Crippen molar-refractivity contribution in [2.45, 2.75) is 29.4 Å².